The van der Waals surface area contributed by atoms with Crippen molar-refractivity contribution in [3.8, 4) is 0 Å². The van der Waals surface area contributed by atoms with Crippen molar-refractivity contribution in [2.75, 3.05) is 18.4 Å². The van der Waals surface area contributed by atoms with Crippen LogP contribution in [-0.2, 0) is 13.1 Å². The molecule has 0 bridgehead atoms. The molecule has 7 nitrogen and oxygen atoms in total. The zero-order chi connectivity index (χ0) is 18.6. The highest BCUT2D eigenvalue weighted by molar-refractivity contribution is 6.31. The Bertz CT molecular complexity index is 930. The number of halogens is 1. The maximum atomic E-state index is 12.4. The summed E-state index contributed by atoms with van der Waals surface area (Å²) in [7, 11) is 0. The number of furan rings is 1. The average molecular weight is 386 g/mol. The smallest absolute Gasteiger partial charge is 0.293 e. The molecule has 0 spiro atoms. The molecule has 4 rings (SSSR count). The molecular formula is C19H20ClN5O2. The minimum atomic E-state index is -0.363. The van der Waals surface area contributed by atoms with Gasteiger partial charge in [-0.15, -0.1) is 5.10 Å². The van der Waals surface area contributed by atoms with Gasteiger partial charge in [0.15, 0.2) is 5.76 Å². The normalized spacial score (nSPS) is 14.6. The number of likely N-dealkylation sites (tertiary alicyclic amines) is 1. The number of rotatable bonds is 6. The number of amides is 1. The van der Waals surface area contributed by atoms with Gasteiger partial charge in [0.2, 0.25) is 5.95 Å². The summed E-state index contributed by atoms with van der Waals surface area (Å²) in [6, 6.07) is 11.1. The van der Waals surface area contributed by atoms with E-state index in [-0.39, 0.29) is 17.6 Å². The number of hydrogen-bond acceptors (Lipinski definition) is 5. The summed E-state index contributed by atoms with van der Waals surface area (Å²) in [5.74, 6) is 0.911. The average Bonchev–Trinajstić information content (AvgIpc) is 3.40. The molecule has 1 N–H and O–H groups in total. The van der Waals surface area contributed by atoms with Crippen LogP contribution in [0.25, 0.3) is 0 Å². The lowest BCUT2D eigenvalue weighted by molar-refractivity contribution is 0.0992. The second kappa shape index (κ2) is 7.94. The first-order valence-corrected chi connectivity index (χ1v) is 9.30. The molecule has 1 aliphatic rings. The minimum absolute atomic E-state index is 0.226. The van der Waals surface area contributed by atoms with Gasteiger partial charge in [0, 0.05) is 5.02 Å². The van der Waals surface area contributed by atoms with Crippen LogP contribution in [0.3, 0.4) is 0 Å². The maximum Gasteiger partial charge on any atom is 0.293 e. The third-order valence-electron chi connectivity index (χ3n) is 4.52. The molecule has 1 aliphatic heterocycles. The van der Waals surface area contributed by atoms with Crippen LogP contribution in [-0.4, -0.2) is 38.7 Å². The topological polar surface area (TPSA) is 76.2 Å². The van der Waals surface area contributed by atoms with E-state index in [9.17, 15) is 4.79 Å². The van der Waals surface area contributed by atoms with Crippen molar-refractivity contribution < 1.29 is 9.21 Å². The highest BCUT2D eigenvalue weighted by atomic mass is 35.5. The van der Waals surface area contributed by atoms with E-state index in [0.717, 1.165) is 31.0 Å². The standard InChI is InChI=1S/C19H20ClN5O2/c20-16-6-2-1-5-14(16)11-25-13-21-19(23-25)22-18(26)17-8-7-15(27-17)12-24-9-3-4-10-24/h1-2,5-8,13H,3-4,9-12H2,(H,22,23,26). The number of benzene rings is 1. The number of nitrogens with one attached hydrogen (secondary N) is 1. The Labute approximate surface area is 161 Å². The van der Waals surface area contributed by atoms with Crippen LogP contribution in [0.15, 0.2) is 47.1 Å². The molecule has 0 radical (unpaired) electrons. The summed E-state index contributed by atoms with van der Waals surface area (Å²) < 4.78 is 7.29. The summed E-state index contributed by atoms with van der Waals surface area (Å²) in [4.78, 5) is 18.8. The molecule has 140 valence electrons. The van der Waals surface area contributed by atoms with Crippen LogP contribution in [0, 0.1) is 0 Å². The summed E-state index contributed by atoms with van der Waals surface area (Å²) in [6.07, 6.45) is 3.99. The summed E-state index contributed by atoms with van der Waals surface area (Å²) in [5, 5.41) is 7.60. The fraction of sp³-hybridized carbons (Fsp3) is 0.316. The number of carbonyl (C=O) groups is 1. The molecule has 27 heavy (non-hydrogen) atoms. The number of anilines is 1. The van der Waals surface area contributed by atoms with Gasteiger partial charge in [0.05, 0.1) is 13.1 Å². The first kappa shape index (κ1) is 17.8. The lowest BCUT2D eigenvalue weighted by Crippen LogP contribution is -2.18. The van der Waals surface area contributed by atoms with E-state index < -0.39 is 0 Å². The highest BCUT2D eigenvalue weighted by Gasteiger charge is 2.17. The summed E-state index contributed by atoms with van der Waals surface area (Å²) in [5.41, 5.74) is 0.930. The monoisotopic (exact) mass is 385 g/mol. The third-order valence-corrected chi connectivity index (χ3v) is 4.88. The molecule has 0 aliphatic carbocycles. The van der Waals surface area contributed by atoms with Crippen molar-refractivity contribution in [1.29, 1.82) is 0 Å². The van der Waals surface area contributed by atoms with Gasteiger partial charge >= 0.3 is 0 Å². The first-order valence-electron chi connectivity index (χ1n) is 8.93. The lowest BCUT2D eigenvalue weighted by atomic mass is 10.2. The van der Waals surface area contributed by atoms with Gasteiger partial charge in [0.1, 0.15) is 12.1 Å². The molecule has 3 aromatic rings. The fourth-order valence-electron chi connectivity index (χ4n) is 3.14. The van der Waals surface area contributed by atoms with Gasteiger partial charge in [0.25, 0.3) is 5.91 Å². The number of nitrogens with zero attached hydrogens (tertiary/aromatic N) is 4. The second-order valence-electron chi connectivity index (χ2n) is 6.56. The molecule has 1 amide bonds. The predicted molar refractivity (Wildman–Crippen MR) is 102 cm³/mol. The molecule has 1 saturated heterocycles. The zero-order valence-electron chi connectivity index (χ0n) is 14.8. The van der Waals surface area contributed by atoms with Crippen molar-refractivity contribution >= 4 is 23.5 Å². The van der Waals surface area contributed by atoms with Crippen LogP contribution in [0.1, 0.15) is 34.7 Å². The largest absolute Gasteiger partial charge is 0.455 e. The Balaban J connectivity index is 1.36. The predicted octanol–water partition coefficient (Wildman–Crippen LogP) is 3.42. The molecular weight excluding hydrogens is 366 g/mol. The number of carbonyl (C=O) groups excluding carboxylic acids is 1. The third kappa shape index (κ3) is 4.37. The number of aromatic nitrogens is 3. The van der Waals surface area contributed by atoms with E-state index in [2.05, 4.69) is 20.3 Å². The number of hydrogen-bond donors (Lipinski definition) is 1. The molecule has 0 saturated carbocycles. The molecule has 0 unspecified atom stereocenters. The van der Waals surface area contributed by atoms with Crippen LogP contribution >= 0.6 is 11.6 Å². The van der Waals surface area contributed by atoms with E-state index in [1.807, 2.05) is 30.3 Å². The molecule has 1 aromatic carbocycles. The fourth-order valence-corrected chi connectivity index (χ4v) is 3.33. The van der Waals surface area contributed by atoms with E-state index in [1.54, 1.807) is 17.1 Å². The van der Waals surface area contributed by atoms with Crippen LogP contribution in [0.5, 0.6) is 0 Å². The molecule has 2 aromatic heterocycles. The Morgan fingerprint density at radius 2 is 1.96 bits per heavy atom. The van der Waals surface area contributed by atoms with Crippen LogP contribution in [0.2, 0.25) is 5.02 Å². The minimum Gasteiger partial charge on any atom is -0.455 e. The molecule has 8 heteroatoms. The Morgan fingerprint density at radius 3 is 2.78 bits per heavy atom. The van der Waals surface area contributed by atoms with Crippen molar-refractivity contribution in [1.82, 2.24) is 19.7 Å². The van der Waals surface area contributed by atoms with Gasteiger partial charge in [-0.05, 0) is 49.7 Å². The van der Waals surface area contributed by atoms with Crippen molar-refractivity contribution in [3.63, 3.8) is 0 Å². The Hall–Kier alpha value is -2.64. The van der Waals surface area contributed by atoms with Crippen molar-refractivity contribution in [3.05, 3.63) is 64.8 Å². The van der Waals surface area contributed by atoms with E-state index in [1.165, 1.54) is 12.8 Å². The molecule has 1 fully saturated rings. The lowest BCUT2D eigenvalue weighted by Gasteiger charge is -2.11. The summed E-state index contributed by atoms with van der Waals surface area (Å²) >= 11 is 6.16. The van der Waals surface area contributed by atoms with E-state index in [4.69, 9.17) is 16.0 Å². The zero-order valence-corrected chi connectivity index (χ0v) is 15.5. The first-order chi connectivity index (χ1) is 13.2. The van der Waals surface area contributed by atoms with Crippen molar-refractivity contribution in [2.45, 2.75) is 25.9 Å². The summed E-state index contributed by atoms with van der Waals surface area (Å²) in [6.45, 7) is 3.37. The van der Waals surface area contributed by atoms with Crippen LogP contribution in [0.4, 0.5) is 5.95 Å². The SMILES string of the molecule is O=C(Nc1ncn(Cc2ccccc2Cl)n1)c1ccc(CN2CCCC2)o1. The molecule has 0 atom stereocenters. The van der Waals surface area contributed by atoms with E-state index in [0.29, 0.717) is 11.6 Å². The molecule has 3 heterocycles. The maximum absolute atomic E-state index is 12.4. The van der Waals surface area contributed by atoms with Gasteiger partial charge < -0.3 is 4.42 Å². The quantitative estimate of drug-likeness (QED) is 0.703. The van der Waals surface area contributed by atoms with Gasteiger partial charge in [-0.2, -0.15) is 0 Å². The Morgan fingerprint density at radius 1 is 1.15 bits per heavy atom. The van der Waals surface area contributed by atoms with Gasteiger partial charge in [-0.1, -0.05) is 29.8 Å². The highest BCUT2D eigenvalue weighted by Crippen LogP contribution is 2.17. The van der Waals surface area contributed by atoms with E-state index >= 15 is 0 Å². The Kier molecular flexibility index (Phi) is 5.22. The van der Waals surface area contributed by atoms with Crippen LogP contribution < -0.4 is 5.32 Å². The van der Waals surface area contributed by atoms with Gasteiger partial charge in [-0.3, -0.25) is 15.0 Å². The van der Waals surface area contributed by atoms with Crippen molar-refractivity contribution in [2.24, 2.45) is 0 Å². The second-order valence-corrected chi connectivity index (χ2v) is 6.97. The van der Waals surface area contributed by atoms with Gasteiger partial charge in [-0.25, -0.2) is 9.67 Å².